The summed E-state index contributed by atoms with van der Waals surface area (Å²) in [5.74, 6) is -0.350. The smallest absolute Gasteiger partial charge is 0.338 e. The van der Waals surface area contributed by atoms with Gasteiger partial charge < -0.3 is 9.30 Å². The molecule has 0 atom stereocenters. The SMILES string of the molecule is CCOC(=O)c1ccc(-c2cn(C)c3cc4c(cc3c2=O)C(C)(C)CCC4(C)C)cc1. The van der Waals surface area contributed by atoms with Crippen LogP contribution in [-0.2, 0) is 22.6 Å². The van der Waals surface area contributed by atoms with E-state index in [1.807, 2.05) is 29.9 Å². The van der Waals surface area contributed by atoms with Gasteiger partial charge in [-0.15, -0.1) is 0 Å². The van der Waals surface area contributed by atoms with Crippen molar-refractivity contribution in [2.45, 2.75) is 58.3 Å². The Bertz CT molecular complexity index is 1230. The predicted molar refractivity (Wildman–Crippen MR) is 126 cm³/mol. The fourth-order valence-corrected chi connectivity index (χ4v) is 4.75. The molecule has 0 radical (unpaired) electrons. The molecule has 0 saturated carbocycles. The number of aromatic nitrogens is 1. The largest absolute Gasteiger partial charge is 0.462 e. The zero-order valence-corrected chi connectivity index (χ0v) is 19.3. The summed E-state index contributed by atoms with van der Waals surface area (Å²) in [4.78, 5) is 25.5. The summed E-state index contributed by atoms with van der Waals surface area (Å²) in [7, 11) is 1.99. The van der Waals surface area contributed by atoms with Crippen LogP contribution in [-0.4, -0.2) is 17.1 Å². The molecule has 2 aromatic carbocycles. The summed E-state index contributed by atoms with van der Waals surface area (Å²) in [6, 6.07) is 11.4. The molecule has 0 fully saturated rings. The highest BCUT2D eigenvalue weighted by Gasteiger charge is 2.37. The van der Waals surface area contributed by atoms with Crippen LogP contribution in [0.3, 0.4) is 0 Å². The van der Waals surface area contributed by atoms with Crippen molar-refractivity contribution >= 4 is 16.9 Å². The molecule has 4 rings (SSSR count). The Morgan fingerprint density at radius 2 is 1.58 bits per heavy atom. The van der Waals surface area contributed by atoms with E-state index in [0.29, 0.717) is 17.7 Å². The van der Waals surface area contributed by atoms with Gasteiger partial charge in [0.05, 0.1) is 17.7 Å². The number of carbonyl (C=O) groups is 1. The fraction of sp³-hybridized carbons (Fsp3) is 0.407. The Balaban J connectivity index is 1.89. The van der Waals surface area contributed by atoms with Gasteiger partial charge in [-0.2, -0.15) is 0 Å². The van der Waals surface area contributed by atoms with Crippen LogP contribution in [0.2, 0.25) is 0 Å². The Labute approximate surface area is 183 Å². The highest BCUT2D eigenvalue weighted by molar-refractivity contribution is 5.91. The first-order valence-corrected chi connectivity index (χ1v) is 11.0. The van der Waals surface area contributed by atoms with Gasteiger partial charge in [-0.3, -0.25) is 4.79 Å². The number of hydrogen-bond donors (Lipinski definition) is 0. The van der Waals surface area contributed by atoms with Gasteiger partial charge in [0.2, 0.25) is 0 Å². The molecule has 1 aromatic heterocycles. The normalized spacial score (nSPS) is 16.7. The maximum Gasteiger partial charge on any atom is 0.338 e. The third-order valence-corrected chi connectivity index (χ3v) is 6.87. The van der Waals surface area contributed by atoms with Crippen molar-refractivity contribution in [2.24, 2.45) is 7.05 Å². The quantitative estimate of drug-likeness (QED) is 0.511. The fourth-order valence-electron chi connectivity index (χ4n) is 4.75. The third-order valence-electron chi connectivity index (χ3n) is 6.87. The van der Waals surface area contributed by atoms with Crippen LogP contribution in [0.1, 0.15) is 68.9 Å². The molecule has 1 heterocycles. The summed E-state index contributed by atoms with van der Waals surface area (Å²) in [6.45, 7) is 11.3. The van der Waals surface area contributed by atoms with E-state index in [2.05, 4.69) is 39.8 Å². The van der Waals surface area contributed by atoms with E-state index >= 15 is 0 Å². The van der Waals surface area contributed by atoms with Crippen molar-refractivity contribution in [1.82, 2.24) is 4.57 Å². The summed E-state index contributed by atoms with van der Waals surface area (Å²) >= 11 is 0. The second-order valence-corrected chi connectivity index (χ2v) is 9.96. The third kappa shape index (κ3) is 3.58. The van der Waals surface area contributed by atoms with E-state index in [1.54, 1.807) is 19.1 Å². The van der Waals surface area contributed by atoms with Crippen molar-refractivity contribution in [3.8, 4) is 11.1 Å². The van der Waals surface area contributed by atoms with Gasteiger partial charge in [0, 0.05) is 24.2 Å². The van der Waals surface area contributed by atoms with E-state index in [1.165, 1.54) is 11.1 Å². The maximum atomic E-state index is 13.6. The van der Waals surface area contributed by atoms with Gasteiger partial charge in [-0.1, -0.05) is 39.8 Å². The Hall–Kier alpha value is -2.88. The summed E-state index contributed by atoms with van der Waals surface area (Å²) in [5.41, 5.74) is 5.67. The molecule has 0 spiro atoms. The second kappa shape index (κ2) is 7.37. The van der Waals surface area contributed by atoms with Crippen molar-refractivity contribution in [3.63, 3.8) is 0 Å². The average Bonchev–Trinajstić information content (AvgIpc) is 2.73. The van der Waals surface area contributed by atoms with Crippen LogP contribution >= 0.6 is 0 Å². The van der Waals surface area contributed by atoms with Crippen molar-refractivity contribution in [3.05, 3.63) is 69.5 Å². The van der Waals surface area contributed by atoms with E-state index in [0.717, 1.165) is 29.3 Å². The Kier molecular flexibility index (Phi) is 5.07. The number of ether oxygens (including phenoxy) is 1. The molecule has 0 bridgehead atoms. The minimum atomic E-state index is -0.350. The first-order chi connectivity index (χ1) is 14.5. The van der Waals surface area contributed by atoms with Gasteiger partial charge >= 0.3 is 5.97 Å². The highest BCUT2D eigenvalue weighted by Crippen LogP contribution is 2.46. The van der Waals surface area contributed by atoms with Crippen molar-refractivity contribution < 1.29 is 9.53 Å². The molecular formula is C27H31NO3. The van der Waals surface area contributed by atoms with Crippen LogP contribution in [0.25, 0.3) is 22.0 Å². The molecule has 31 heavy (non-hydrogen) atoms. The van der Waals surface area contributed by atoms with Gasteiger partial charge in [-0.05, 0) is 71.6 Å². The monoisotopic (exact) mass is 417 g/mol. The lowest BCUT2D eigenvalue weighted by Crippen LogP contribution is -2.34. The minimum Gasteiger partial charge on any atom is -0.462 e. The van der Waals surface area contributed by atoms with E-state index < -0.39 is 0 Å². The average molecular weight is 418 g/mol. The van der Waals surface area contributed by atoms with Crippen molar-refractivity contribution in [1.29, 1.82) is 0 Å². The molecular weight excluding hydrogens is 386 g/mol. The number of benzene rings is 2. The lowest BCUT2D eigenvalue weighted by atomic mass is 9.63. The zero-order valence-electron chi connectivity index (χ0n) is 19.3. The van der Waals surface area contributed by atoms with E-state index in [4.69, 9.17) is 4.74 Å². The molecule has 4 nitrogen and oxygen atoms in total. The lowest BCUT2D eigenvalue weighted by Gasteiger charge is -2.42. The number of rotatable bonds is 3. The molecule has 0 aliphatic heterocycles. The standard InChI is InChI=1S/C27H31NO3/c1-7-31-25(30)18-10-8-17(9-11-18)20-16-28(6)23-15-22-21(14-19(23)24(20)29)26(2,3)12-13-27(22,4)5/h8-11,14-16H,7,12-13H2,1-6H3. The number of esters is 1. The Morgan fingerprint density at radius 1 is 1.00 bits per heavy atom. The number of fused-ring (bicyclic) bond motifs is 2. The van der Waals surface area contributed by atoms with Crippen LogP contribution in [0.15, 0.2) is 47.4 Å². The van der Waals surface area contributed by atoms with Gasteiger partial charge in [0.25, 0.3) is 0 Å². The second-order valence-electron chi connectivity index (χ2n) is 9.96. The molecule has 1 aliphatic carbocycles. The van der Waals surface area contributed by atoms with E-state index in [-0.39, 0.29) is 22.2 Å². The Morgan fingerprint density at radius 3 is 2.16 bits per heavy atom. The number of hydrogen-bond acceptors (Lipinski definition) is 3. The van der Waals surface area contributed by atoms with Crippen molar-refractivity contribution in [2.75, 3.05) is 6.61 Å². The molecule has 0 N–H and O–H groups in total. The molecule has 1 aliphatic rings. The van der Waals surface area contributed by atoms with Crippen LogP contribution < -0.4 is 5.43 Å². The molecule has 0 saturated heterocycles. The topological polar surface area (TPSA) is 48.3 Å². The zero-order chi connectivity index (χ0) is 22.6. The van der Waals surface area contributed by atoms with Gasteiger partial charge in [0.15, 0.2) is 5.43 Å². The number of pyridine rings is 1. The first kappa shape index (κ1) is 21.4. The molecule has 0 amide bonds. The summed E-state index contributed by atoms with van der Waals surface area (Å²) < 4.78 is 7.10. The number of carbonyl (C=O) groups excluding carboxylic acids is 1. The summed E-state index contributed by atoms with van der Waals surface area (Å²) in [6.07, 6.45) is 4.14. The highest BCUT2D eigenvalue weighted by atomic mass is 16.5. The molecule has 3 aromatic rings. The minimum absolute atomic E-state index is 0.0268. The molecule has 4 heteroatoms. The van der Waals surface area contributed by atoms with Gasteiger partial charge in [0.1, 0.15) is 0 Å². The maximum absolute atomic E-state index is 13.6. The summed E-state index contributed by atoms with van der Waals surface area (Å²) in [5, 5.41) is 0.749. The van der Waals surface area contributed by atoms with Crippen LogP contribution in [0.4, 0.5) is 0 Å². The van der Waals surface area contributed by atoms with Gasteiger partial charge in [-0.25, -0.2) is 4.79 Å². The first-order valence-electron chi connectivity index (χ1n) is 11.0. The van der Waals surface area contributed by atoms with E-state index in [9.17, 15) is 9.59 Å². The molecule has 162 valence electrons. The lowest BCUT2D eigenvalue weighted by molar-refractivity contribution is 0.0526. The number of aryl methyl sites for hydroxylation is 1. The van der Waals surface area contributed by atoms with Crippen LogP contribution in [0, 0.1) is 0 Å². The predicted octanol–water partition coefficient (Wildman–Crippen LogP) is 5.73. The molecule has 0 unspecified atom stereocenters. The van der Waals surface area contributed by atoms with Crippen LogP contribution in [0.5, 0.6) is 0 Å². The number of nitrogens with zero attached hydrogens (tertiary/aromatic N) is 1.